The van der Waals surface area contributed by atoms with Crippen LogP contribution in [0.5, 0.6) is 0 Å². The smallest absolute Gasteiger partial charge is 0.308 e. The Morgan fingerprint density at radius 3 is 1.90 bits per heavy atom. The van der Waals surface area contributed by atoms with Gasteiger partial charge in [0.25, 0.3) is 8.32 Å². The van der Waals surface area contributed by atoms with Crippen molar-refractivity contribution in [3.05, 3.63) is 60.7 Å². The maximum Gasteiger partial charge on any atom is 0.308 e. The molecule has 0 amide bonds. The average molecular weight is 427 g/mol. The van der Waals surface area contributed by atoms with Crippen molar-refractivity contribution in [2.24, 2.45) is 11.8 Å². The summed E-state index contributed by atoms with van der Waals surface area (Å²) in [5.41, 5.74) is 0. The summed E-state index contributed by atoms with van der Waals surface area (Å²) in [5, 5.41) is 13.0. The normalized spacial score (nSPS) is 25.0. The van der Waals surface area contributed by atoms with Crippen LogP contribution in [0.1, 0.15) is 40.5 Å². The van der Waals surface area contributed by atoms with E-state index in [1.165, 1.54) is 17.5 Å². The Bertz CT molecular complexity index is 792. The van der Waals surface area contributed by atoms with Crippen LogP contribution in [0.3, 0.4) is 0 Å². The van der Waals surface area contributed by atoms with Gasteiger partial charge in [-0.3, -0.25) is 4.79 Å². The van der Waals surface area contributed by atoms with E-state index in [4.69, 9.17) is 9.16 Å². The fourth-order valence-corrected chi connectivity index (χ4v) is 9.56. The summed E-state index contributed by atoms with van der Waals surface area (Å²) >= 11 is 0. The number of ether oxygens (including phenoxy) is 1. The number of aliphatic hydroxyl groups is 1. The second-order valence-corrected chi connectivity index (χ2v) is 13.7. The SMILES string of the molecule is COC(=O)[C@@H]1C[C@H](O)[C@@H](C)[C@H](O[Si](c2ccccc2)(c2ccccc2)C(C)(C)C)C1. The minimum absolute atomic E-state index is 0.0624. The predicted octanol–water partition coefficient (Wildman–Crippen LogP) is 3.51. The van der Waals surface area contributed by atoms with E-state index in [-0.39, 0.29) is 28.9 Å². The molecule has 30 heavy (non-hydrogen) atoms. The summed E-state index contributed by atoms with van der Waals surface area (Å²) in [6.07, 6.45) is 0.166. The minimum Gasteiger partial charge on any atom is -0.469 e. The molecule has 0 aromatic heterocycles. The van der Waals surface area contributed by atoms with Crippen molar-refractivity contribution in [3.8, 4) is 0 Å². The molecule has 1 fully saturated rings. The Morgan fingerprint density at radius 1 is 0.967 bits per heavy atom. The number of hydrogen-bond donors (Lipinski definition) is 1. The molecule has 1 saturated carbocycles. The third-order valence-corrected chi connectivity index (χ3v) is 11.6. The topological polar surface area (TPSA) is 55.8 Å². The van der Waals surface area contributed by atoms with E-state index in [1.807, 2.05) is 19.1 Å². The molecule has 5 heteroatoms. The van der Waals surface area contributed by atoms with Gasteiger partial charge in [-0.1, -0.05) is 88.4 Å². The molecule has 0 bridgehead atoms. The van der Waals surface area contributed by atoms with Gasteiger partial charge in [0.1, 0.15) is 0 Å². The third-order valence-electron chi connectivity index (χ3n) is 6.52. The van der Waals surface area contributed by atoms with Crippen molar-refractivity contribution in [1.82, 2.24) is 0 Å². The lowest BCUT2D eigenvalue weighted by atomic mass is 9.79. The Hall–Kier alpha value is -1.95. The lowest BCUT2D eigenvalue weighted by Gasteiger charge is -2.48. The van der Waals surface area contributed by atoms with Crippen LogP contribution in [0, 0.1) is 11.8 Å². The summed E-state index contributed by atoms with van der Waals surface area (Å²) in [5.74, 6) is -0.672. The van der Waals surface area contributed by atoms with Gasteiger partial charge in [0.05, 0.1) is 25.2 Å². The van der Waals surface area contributed by atoms with Gasteiger partial charge in [0.15, 0.2) is 0 Å². The highest BCUT2D eigenvalue weighted by atomic mass is 28.4. The zero-order valence-electron chi connectivity index (χ0n) is 18.7. The fraction of sp³-hybridized carbons (Fsp3) is 0.480. The molecule has 1 N–H and O–H groups in total. The van der Waals surface area contributed by atoms with Crippen molar-refractivity contribution >= 4 is 24.7 Å². The standard InChI is InChI=1S/C25H34O4Si/c1-18-22(26)16-19(24(27)28-5)17-23(18)29-30(25(2,3)4,20-12-8-6-9-13-20)21-14-10-7-11-15-21/h6-15,18-19,22-23,26H,16-17H2,1-5H3/t18-,19-,22+,23-/m1/s1. The van der Waals surface area contributed by atoms with Crippen molar-refractivity contribution in [1.29, 1.82) is 0 Å². The first kappa shape index (κ1) is 22.7. The lowest BCUT2D eigenvalue weighted by molar-refractivity contribution is -0.151. The zero-order valence-corrected chi connectivity index (χ0v) is 19.7. The Balaban J connectivity index is 2.12. The van der Waals surface area contributed by atoms with Crippen molar-refractivity contribution < 1.29 is 19.1 Å². The van der Waals surface area contributed by atoms with Gasteiger partial charge in [0.2, 0.25) is 0 Å². The summed E-state index contributed by atoms with van der Waals surface area (Å²) < 4.78 is 12.2. The van der Waals surface area contributed by atoms with Gasteiger partial charge in [0, 0.05) is 5.92 Å². The molecule has 0 aliphatic heterocycles. The highest BCUT2D eigenvalue weighted by Crippen LogP contribution is 2.41. The monoisotopic (exact) mass is 426 g/mol. The van der Waals surface area contributed by atoms with E-state index in [0.717, 1.165) is 0 Å². The molecule has 1 aliphatic rings. The number of carbonyl (C=O) groups is 1. The highest BCUT2D eigenvalue weighted by molar-refractivity contribution is 6.99. The average Bonchev–Trinajstić information content (AvgIpc) is 2.74. The van der Waals surface area contributed by atoms with Crippen molar-refractivity contribution in [3.63, 3.8) is 0 Å². The van der Waals surface area contributed by atoms with Gasteiger partial charge in [-0.05, 0) is 28.3 Å². The first-order chi connectivity index (χ1) is 14.2. The second kappa shape index (κ2) is 9.04. The molecule has 2 aromatic carbocycles. The van der Waals surface area contributed by atoms with Crippen LogP contribution in [-0.2, 0) is 14.0 Å². The minimum atomic E-state index is -2.75. The number of esters is 1. The first-order valence-corrected chi connectivity index (χ1v) is 12.7. The van der Waals surface area contributed by atoms with Gasteiger partial charge in [-0.25, -0.2) is 0 Å². The Kier molecular flexibility index (Phi) is 6.85. The third kappa shape index (κ3) is 4.24. The number of carbonyl (C=O) groups excluding carboxylic acids is 1. The van der Waals surface area contributed by atoms with E-state index in [2.05, 4.69) is 69.3 Å². The quantitative estimate of drug-likeness (QED) is 0.587. The summed E-state index contributed by atoms with van der Waals surface area (Å²) in [6.45, 7) is 8.74. The summed E-state index contributed by atoms with van der Waals surface area (Å²) in [6, 6.07) is 20.9. The molecule has 2 aromatic rings. The van der Waals surface area contributed by atoms with E-state index in [9.17, 15) is 9.90 Å². The molecule has 0 radical (unpaired) electrons. The van der Waals surface area contributed by atoms with Gasteiger partial charge in [-0.2, -0.15) is 0 Å². The van der Waals surface area contributed by atoms with Crippen LogP contribution < -0.4 is 10.4 Å². The molecule has 3 rings (SSSR count). The maximum atomic E-state index is 12.3. The number of aliphatic hydroxyl groups excluding tert-OH is 1. The molecule has 162 valence electrons. The molecule has 0 heterocycles. The lowest BCUT2D eigenvalue weighted by Crippen LogP contribution is -2.68. The highest BCUT2D eigenvalue weighted by Gasteiger charge is 2.53. The predicted molar refractivity (Wildman–Crippen MR) is 122 cm³/mol. The first-order valence-electron chi connectivity index (χ1n) is 10.8. The van der Waals surface area contributed by atoms with Crippen LogP contribution in [-0.4, -0.2) is 38.7 Å². The Labute approximate surface area is 181 Å². The number of methoxy groups -OCH3 is 1. The zero-order chi connectivity index (χ0) is 21.9. The number of hydrogen-bond acceptors (Lipinski definition) is 4. The van der Waals surface area contributed by atoms with Crippen LogP contribution in [0.15, 0.2) is 60.7 Å². The number of benzene rings is 2. The number of rotatable bonds is 5. The molecule has 1 aliphatic carbocycles. The Morgan fingerprint density at radius 2 is 1.47 bits per heavy atom. The molecule has 0 spiro atoms. The molecule has 0 unspecified atom stereocenters. The van der Waals surface area contributed by atoms with Crippen LogP contribution in [0.25, 0.3) is 0 Å². The molecule has 0 saturated heterocycles. The van der Waals surface area contributed by atoms with Gasteiger partial charge < -0.3 is 14.3 Å². The van der Waals surface area contributed by atoms with E-state index < -0.39 is 14.4 Å². The molecular weight excluding hydrogens is 392 g/mol. The van der Waals surface area contributed by atoms with E-state index in [0.29, 0.717) is 12.8 Å². The largest absolute Gasteiger partial charge is 0.469 e. The summed E-state index contributed by atoms with van der Waals surface area (Å²) in [4.78, 5) is 12.3. The molecule has 4 atom stereocenters. The van der Waals surface area contributed by atoms with Gasteiger partial charge >= 0.3 is 5.97 Å². The van der Waals surface area contributed by atoms with Crippen LogP contribution >= 0.6 is 0 Å². The van der Waals surface area contributed by atoms with Crippen LogP contribution in [0.2, 0.25) is 5.04 Å². The van der Waals surface area contributed by atoms with Crippen LogP contribution in [0.4, 0.5) is 0 Å². The van der Waals surface area contributed by atoms with E-state index >= 15 is 0 Å². The second-order valence-electron chi connectivity index (χ2n) is 9.44. The molecule has 4 nitrogen and oxygen atoms in total. The van der Waals surface area contributed by atoms with E-state index in [1.54, 1.807) is 0 Å². The molecular formula is C25H34O4Si. The fourth-order valence-electron chi connectivity index (χ4n) is 4.78. The maximum absolute atomic E-state index is 12.3. The van der Waals surface area contributed by atoms with Crippen molar-refractivity contribution in [2.45, 2.75) is 57.8 Å². The van der Waals surface area contributed by atoms with Crippen molar-refractivity contribution in [2.75, 3.05) is 7.11 Å². The summed E-state index contributed by atoms with van der Waals surface area (Å²) in [7, 11) is -1.34. The van der Waals surface area contributed by atoms with Gasteiger partial charge in [-0.15, -0.1) is 0 Å².